The van der Waals surface area contributed by atoms with Crippen molar-refractivity contribution in [2.45, 2.75) is 13.2 Å². The molecule has 0 bridgehead atoms. The fourth-order valence-corrected chi connectivity index (χ4v) is 1.28. The van der Waals surface area contributed by atoms with Gasteiger partial charge in [0.25, 0.3) is 0 Å². The Kier molecular flexibility index (Phi) is 2.14. The first kappa shape index (κ1) is 9.04. The van der Waals surface area contributed by atoms with Crippen molar-refractivity contribution in [2.24, 2.45) is 0 Å². The van der Waals surface area contributed by atoms with E-state index in [1.165, 1.54) is 17.2 Å². The molecule has 0 aliphatic heterocycles. The normalized spacial score (nSPS) is 13.4. The molecule has 2 N–H and O–H groups in total. The van der Waals surface area contributed by atoms with Crippen LogP contribution in [0.15, 0.2) is 12.7 Å². The van der Waals surface area contributed by atoms with Crippen LogP contribution in [0.25, 0.3) is 11.2 Å². The fourth-order valence-electron chi connectivity index (χ4n) is 1.28. The third-order valence-electron chi connectivity index (χ3n) is 2.03. The molecule has 0 amide bonds. The zero-order chi connectivity index (χ0) is 10.1. The van der Waals surface area contributed by atoms with E-state index in [0.29, 0.717) is 11.2 Å². The van der Waals surface area contributed by atoms with Crippen molar-refractivity contribution in [2.75, 3.05) is 6.61 Å². The van der Waals surface area contributed by atoms with Gasteiger partial charge in [0.2, 0.25) is 0 Å². The van der Waals surface area contributed by atoms with Crippen molar-refractivity contribution in [3.05, 3.63) is 18.3 Å². The van der Waals surface area contributed by atoms with Gasteiger partial charge in [0.1, 0.15) is 11.8 Å². The summed E-state index contributed by atoms with van der Waals surface area (Å²) >= 11 is 0. The Hall–Kier alpha value is -1.53. The summed E-state index contributed by atoms with van der Waals surface area (Å²) in [5, 5.41) is 18.2. The molecule has 74 valence electrons. The van der Waals surface area contributed by atoms with Gasteiger partial charge in [-0.1, -0.05) is 0 Å². The highest BCUT2D eigenvalue weighted by atomic mass is 16.3. The Balaban J connectivity index is 2.63. The third kappa shape index (κ3) is 1.24. The molecular formula is C8H10N4O2. The van der Waals surface area contributed by atoms with Crippen molar-refractivity contribution < 1.29 is 10.2 Å². The molecule has 2 heterocycles. The standard InChI is InChI=1S/C8H10N4O2/c1-5-7-8(10-3-9-5)12(4-11-7)6(14)2-13/h3-4,6,13-14H,2H2,1H3/t6-/m0/s1. The van der Waals surface area contributed by atoms with Crippen molar-refractivity contribution in [1.82, 2.24) is 19.5 Å². The van der Waals surface area contributed by atoms with Crippen LogP contribution in [0.4, 0.5) is 0 Å². The van der Waals surface area contributed by atoms with Crippen LogP contribution in [-0.2, 0) is 0 Å². The minimum atomic E-state index is -1.01. The molecule has 2 aromatic heterocycles. The number of aliphatic hydroxyl groups excluding tert-OH is 2. The summed E-state index contributed by atoms with van der Waals surface area (Å²) in [4.78, 5) is 12.0. The minimum Gasteiger partial charge on any atom is -0.392 e. The highest BCUT2D eigenvalue weighted by Gasteiger charge is 2.11. The van der Waals surface area contributed by atoms with E-state index in [1.54, 1.807) is 0 Å². The van der Waals surface area contributed by atoms with Gasteiger partial charge < -0.3 is 10.2 Å². The van der Waals surface area contributed by atoms with Crippen molar-refractivity contribution in [1.29, 1.82) is 0 Å². The van der Waals surface area contributed by atoms with Crippen molar-refractivity contribution >= 4 is 11.2 Å². The van der Waals surface area contributed by atoms with E-state index in [2.05, 4.69) is 15.0 Å². The maximum absolute atomic E-state index is 9.42. The van der Waals surface area contributed by atoms with Crippen LogP contribution >= 0.6 is 0 Å². The molecule has 1 atom stereocenters. The molecule has 6 heteroatoms. The number of hydrogen-bond acceptors (Lipinski definition) is 5. The number of aromatic nitrogens is 4. The number of nitrogens with zero attached hydrogens (tertiary/aromatic N) is 4. The van der Waals surface area contributed by atoms with E-state index >= 15 is 0 Å². The highest BCUT2D eigenvalue weighted by molar-refractivity contribution is 5.72. The first-order valence-corrected chi connectivity index (χ1v) is 4.17. The first-order chi connectivity index (χ1) is 6.74. The van der Waals surface area contributed by atoms with Gasteiger partial charge in [-0.25, -0.2) is 15.0 Å². The molecule has 0 spiro atoms. The smallest absolute Gasteiger partial charge is 0.165 e. The maximum atomic E-state index is 9.42. The van der Waals surface area contributed by atoms with Crippen LogP contribution in [-0.4, -0.2) is 36.3 Å². The largest absolute Gasteiger partial charge is 0.392 e. The number of fused-ring (bicyclic) bond motifs is 1. The Morgan fingerprint density at radius 2 is 2.21 bits per heavy atom. The molecule has 6 nitrogen and oxygen atoms in total. The second kappa shape index (κ2) is 3.32. The molecule has 2 rings (SSSR count). The van der Waals surface area contributed by atoms with Gasteiger partial charge in [0.15, 0.2) is 11.9 Å². The van der Waals surface area contributed by atoms with Crippen LogP contribution in [0, 0.1) is 6.92 Å². The van der Waals surface area contributed by atoms with E-state index in [1.807, 2.05) is 6.92 Å². The lowest BCUT2D eigenvalue weighted by Gasteiger charge is -2.08. The number of rotatable bonds is 2. The van der Waals surface area contributed by atoms with Gasteiger partial charge in [0.05, 0.1) is 18.6 Å². The van der Waals surface area contributed by atoms with Crippen LogP contribution in [0.3, 0.4) is 0 Å². The van der Waals surface area contributed by atoms with E-state index < -0.39 is 6.23 Å². The van der Waals surface area contributed by atoms with E-state index in [9.17, 15) is 5.11 Å². The fraction of sp³-hybridized carbons (Fsp3) is 0.375. The number of imidazole rings is 1. The quantitative estimate of drug-likeness (QED) is 0.680. The van der Waals surface area contributed by atoms with Crippen LogP contribution in [0.1, 0.15) is 11.9 Å². The Morgan fingerprint density at radius 3 is 2.93 bits per heavy atom. The second-order valence-corrected chi connectivity index (χ2v) is 2.95. The number of aliphatic hydroxyl groups is 2. The van der Waals surface area contributed by atoms with Crippen LogP contribution < -0.4 is 0 Å². The summed E-state index contributed by atoms with van der Waals surface area (Å²) < 4.78 is 1.41. The molecule has 0 fully saturated rings. The topological polar surface area (TPSA) is 84.1 Å². The Labute approximate surface area is 79.9 Å². The molecule has 0 aliphatic rings. The lowest BCUT2D eigenvalue weighted by molar-refractivity contribution is 0.0418. The molecular weight excluding hydrogens is 184 g/mol. The van der Waals surface area contributed by atoms with Gasteiger partial charge in [0, 0.05) is 0 Å². The molecule has 0 aromatic carbocycles. The van der Waals surface area contributed by atoms with E-state index in [0.717, 1.165) is 5.69 Å². The average molecular weight is 194 g/mol. The third-order valence-corrected chi connectivity index (χ3v) is 2.03. The van der Waals surface area contributed by atoms with E-state index in [4.69, 9.17) is 5.11 Å². The van der Waals surface area contributed by atoms with Gasteiger partial charge in [-0.2, -0.15) is 0 Å². The summed E-state index contributed by atoms with van der Waals surface area (Å²) in [5.41, 5.74) is 1.91. The molecule has 0 radical (unpaired) electrons. The second-order valence-electron chi connectivity index (χ2n) is 2.95. The highest BCUT2D eigenvalue weighted by Crippen LogP contribution is 2.14. The van der Waals surface area contributed by atoms with Gasteiger partial charge in [-0.05, 0) is 6.92 Å². The summed E-state index contributed by atoms with van der Waals surface area (Å²) in [7, 11) is 0. The number of aryl methyl sites for hydroxylation is 1. The lowest BCUT2D eigenvalue weighted by atomic mass is 10.4. The maximum Gasteiger partial charge on any atom is 0.165 e. The molecule has 14 heavy (non-hydrogen) atoms. The molecule has 0 aliphatic carbocycles. The van der Waals surface area contributed by atoms with Crippen molar-refractivity contribution in [3.63, 3.8) is 0 Å². The predicted octanol–water partition coefficient (Wildman–Crippen LogP) is -0.382. The lowest BCUT2D eigenvalue weighted by Crippen LogP contribution is -2.11. The minimum absolute atomic E-state index is 0.367. The zero-order valence-electron chi connectivity index (χ0n) is 7.62. The Morgan fingerprint density at radius 1 is 1.43 bits per heavy atom. The number of hydrogen-bond donors (Lipinski definition) is 2. The predicted molar refractivity (Wildman–Crippen MR) is 48.4 cm³/mol. The monoisotopic (exact) mass is 194 g/mol. The Bertz CT molecular complexity index is 454. The zero-order valence-corrected chi connectivity index (χ0v) is 7.62. The SMILES string of the molecule is Cc1ncnc2c1ncn2[C@@H](O)CO. The summed E-state index contributed by atoms with van der Waals surface area (Å²) in [5.74, 6) is 0. The van der Waals surface area contributed by atoms with E-state index in [-0.39, 0.29) is 6.61 Å². The first-order valence-electron chi connectivity index (χ1n) is 4.17. The van der Waals surface area contributed by atoms with Gasteiger partial charge >= 0.3 is 0 Å². The molecule has 0 unspecified atom stereocenters. The average Bonchev–Trinajstić information content (AvgIpc) is 2.62. The van der Waals surface area contributed by atoms with Gasteiger partial charge in [-0.3, -0.25) is 4.57 Å². The van der Waals surface area contributed by atoms with Crippen LogP contribution in [0.2, 0.25) is 0 Å². The summed E-state index contributed by atoms with van der Waals surface area (Å²) in [6, 6.07) is 0. The molecule has 0 saturated carbocycles. The summed E-state index contributed by atoms with van der Waals surface area (Å²) in [6.07, 6.45) is 1.84. The molecule has 2 aromatic rings. The summed E-state index contributed by atoms with van der Waals surface area (Å²) in [6.45, 7) is 1.45. The molecule has 0 saturated heterocycles. The van der Waals surface area contributed by atoms with Gasteiger partial charge in [-0.15, -0.1) is 0 Å². The van der Waals surface area contributed by atoms with Crippen molar-refractivity contribution in [3.8, 4) is 0 Å². The van der Waals surface area contributed by atoms with Crippen LogP contribution in [0.5, 0.6) is 0 Å².